The second kappa shape index (κ2) is 7.47. The molecule has 2 rings (SSSR count). The van der Waals surface area contributed by atoms with Crippen molar-refractivity contribution in [1.82, 2.24) is 4.98 Å². The Kier molecular flexibility index (Phi) is 7.08. The molecule has 0 bridgehead atoms. The minimum absolute atomic E-state index is 0. The van der Waals surface area contributed by atoms with E-state index in [2.05, 4.69) is 11.2 Å². The maximum Gasteiger partial charge on any atom is 0.0703 e. The van der Waals surface area contributed by atoms with Crippen LogP contribution in [0.5, 0.6) is 0 Å². The summed E-state index contributed by atoms with van der Waals surface area (Å²) in [5.41, 5.74) is 0. The van der Waals surface area contributed by atoms with E-state index in [9.17, 15) is 0 Å². The van der Waals surface area contributed by atoms with Gasteiger partial charge in [0.1, 0.15) is 0 Å². The second-order valence-electron chi connectivity index (χ2n) is 3.73. The van der Waals surface area contributed by atoms with Gasteiger partial charge in [0.25, 0.3) is 0 Å². The molecular weight excluding hydrogens is 298 g/mol. The first-order chi connectivity index (χ1) is 6.86. The number of hydrogen-bond acceptors (Lipinski definition) is 3. The fourth-order valence-electron chi connectivity index (χ4n) is 1.97. The number of thiazole rings is 1. The molecule has 0 aromatic carbocycles. The summed E-state index contributed by atoms with van der Waals surface area (Å²) in [5.74, 6) is 2.37. The molecule has 0 amide bonds. The summed E-state index contributed by atoms with van der Waals surface area (Å²) in [7, 11) is 6.01. The molecule has 1 aromatic rings. The molecule has 0 spiro atoms. The normalized spacial score (nSPS) is 25.1. The molecular formula is C10H13BNS2Y-. The molecule has 1 fully saturated rings. The maximum absolute atomic E-state index is 6.01. The van der Waals surface area contributed by atoms with Crippen LogP contribution in [-0.2, 0) is 32.7 Å². The molecule has 1 aliphatic carbocycles. The number of nitrogens with zero attached hydrogens (tertiary/aromatic N) is 1. The van der Waals surface area contributed by atoms with Crippen molar-refractivity contribution in [2.45, 2.75) is 35.8 Å². The van der Waals surface area contributed by atoms with Gasteiger partial charge in [-0.15, -0.1) is 6.20 Å². The number of rotatable bonds is 4. The average molecular weight is 311 g/mol. The van der Waals surface area contributed by atoms with E-state index in [4.69, 9.17) is 7.85 Å². The van der Waals surface area contributed by atoms with E-state index < -0.39 is 0 Å². The Morgan fingerprint density at radius 1 is 1.60 bits per heavy atom. The van der Waals surface area contributed by atoms with Gasteiger partial charge in [0.2, 0.25) is 0 Å². The maximum atomic E-state index is 6.01. The van der Waals surface area contributed by atoms with Gasteiger partial charge >= 0.3 is 0 Å². The summed E-state index contributed by atoms with van der Waals surface area (Å²) < 4.78 is 1.14. The summed E-state index contributed by atoms with van der Waals surface area (Å²) in [4.78, 5) is 4.12. The fourth-order valence-corrected chi connectivity index (χ4v) is 3.66. The van der Waals surface area contributed by atoms with E-state index in [1.54, 1.807) is 11.3 Å². The second-order valence-corrected chi connectivity index (χ2v) is 5.93. The zero-order chi connectivity index (χ0) is 9.80. The van der Waals surface area contributed by atoms with Crippen molar-refractivity contribution < 1.29 is 32.7 Å². The van der Waals surface area contributed by atoms with Crippen molar-refractivity contribution >= 4 is 30.9 Å². The molecule has 1 aromatic heterocycles. The molecule has 0 aliphatic heterocycles. The van der Waals surface area contributed by atoms with Gasteiger partial charge in [0.15, 0.2) is 0 Å². The van der Waals surface area contributed by atoms with Crippen molar-refractivity contribution in [1.29, 1.82) is 0 Å². The summed E-state index contributed by atoms with van der Waals surface area (Å²) >= 11 is 3.51. The molecule has 2 unspecified atom stereocenters. The quantitative estimate of drug-likeness (QED) is 0.481. The van der Waals surface area contributed by atoms with Gasteiger partial charge in [-0.05, 0) is 22.4 Å². The molecule has 2 atom stereocenters. The molecule has 1 heterocycles. The molecule has 1 nitrogen and oxygen atoms in total. The van der Waals surface area contributed by atoms with Crippen molar-refractivity contribution in [3.05, 3.63) is 11.6 Å². The molecule has 0 N–H and O–H groups in total. The standard InChI is InChI=1S/C10H13BNS2.Y/c11-9-3-1-2-8(9)4-6-13-10-12-5-7-14-10;/h7-9H,1-4,6H2;/q-1;. The van der Waals surface area contributed by atoms with Gasteiger partial charge in [-0.1, -0.05) is 30.5 Å². The Morgan fingerprint density at radius 2 is 2.47 bits per heavy atom. The van der Waals surface area contributed by atoms with E-state index in [1.165, 1.54) is 25.7 Å². The van der Waals surface area contributed by atoms with Crippen LogP contribution in [0.2, 0.25) is 5.82 Å². The summed E-state index contributed by atoms with van der Waals surface area (Å²) in [6.07, 6.45) is 7.95. The van der Waals surface area contributed by atoms with E-state index in [0.29, 0.717) is 5.82 Å². The summed E-state index contributed by atoms with van der Waals surface area (Å²) in [5, 5.41) is 1.91. The smallest absolute Gasteiger partial charge is 0.0703 e. The van der Waals surface area contributed by atoms with Crippen LogP contribution in [0.4, 0.5) is 0 Å². The van der Waals surface area contributed by atoms with Crippen LogP contribution in [0.15, 0.2) is 9.72 Å². The minimum atomic E-state index is 0. The van der Waals surface area contributed by atoms with Gasteiger partial charge in [-0.2, -0.15) is 11.8 Å². The Labute approximate surface area is 126 Å². The fraction of sp³-hybridized carbons (Fsp3) is 0.700. The van der Waals surface area contributed by atoms with Gasteiger partial charge in [-0.25, -0.2) is 11.3 Å². The Balaban J connectivity index is 0.00000112. The molecule has 3 radical (unpaired) electrons. The van der Waals surface area contributed by atoms with E-state index in [-0.39, 0.29) is 32.7 Å². The van der Waals surface area contributed by atoms with Crippen LogP contribution in [0.25, 0.3) is 0 Å². The zero-order valence-corrected chi connectivity index (χ0v) is 13.2. The SMILES string of the molecule is [B]C1CCCC1CCSc1n[c-]cs1.[Y]. The Bertz CT molecular complexity index is 268. The van der Waals surface area contributed by atoms with Crippen LogP contribution in [-0.4, -0.2) is 18.6 Å². The van der Waals surface area contributed by atoms with E-state index in [0.717, 1.165) is 16.0 Å². The van der Waals surface area contributed by atoms with Crippen molar-refractivity contribution in [3.8, 4) is 0 Å². The molecule has 15 heavy (non-hydrogen) atoms. The van der Waals surface area contributed by atoms with E-state index in [1.807, 2.05) is 17.1 Å². The predicted molar refractivity (Wildman–Crippen MR) is 63.1 cm³/mol. The van der Waals surface area contributed by atoms with Crippen molar-refractivity contribution in [3.63, 3.8) is 0 Å². The predicted octanol–water partition coefficient (Wildman–Crippen LogP) is 3.18. The van der Waals surface area contributed by atoms with Crippen LogP contribution in [0.1, 0.15) is 25.7 Å². The molecule has 0 saturated heterocycles. The molecule has 5 heteroatoms. The Morgan fingerprint density at radius 3 is 3.07 bits per heavy atom. The number of thioether (sulfide) groups is 1. The van der Waals surface area contributed by atoms with Crippen molar-refractivity contribution in [2.75, 3.05) is 5.75 Å². The number of aromatic nitrogens is 1. The van der Waals surface area contributed by atoms with Crippen molar-refractivity contribution in [2.24, 2.45) is 5.92 Å². The summed E-state index contributed by atoms with van der Waals surface area (Å²) in [6, 6.07) is 0. The van der Waals surface area contributed by atoms with Gasteiger partial charge < -0.3 is 4.98 Å². The molecule has 77 valence electrons. The number of hydrogen-bond donors (Lipinski definition) is 0. The summed E-state index contributed by atoms with van der Waals surface area (Å²) in [6.45, 7) is 0. The van der Waals surface area contributed by atoms with Gasteiger partial charge in [0.05, 0.1) is 7.85 Å². The van der Waals surface area contributed by atoms with Crippen LogP contribution in [0.3, 0.4) is 0 Å². The molecule has 1 aliphatic rings. The zero-order valence-electron chi connectivity index (χ0n) is 8.69. The Hall–Kier alpha value is 1.15. The monoisotopic (exact) mass is 311 g/mol. The van der Waals surface area contributed by atoms with Gasteiger partial charge in [0, 0.05) is 32.7 Å². The third-order valence-electron chi connectivity index (χ3n) is 2.80. The largest absolute Gasteiger partial charge is 0.437 e. The first-order valence-corrected chi connectivity index (χ1v) is 6.93. The third kappa shape index (κ3) is 4.49. The first-order valence-electron chi connectivity index (χ1n) is 5.06. The molecule has 1 saturated carbocycles. The topological polar surface area (TPSA) is 12.9 Å². The van der Waals surface area contributed by atoms with Crippen LogP contribution >= 0.6 is 23.1 Å². The van der Waals surface area contributed by atoms with Crippen LogP contribution in [0, 0.1) is 12.1 Å². The van der Waals surface area contributed by atoms with Crippen LogP contribution < -0.4 is 0 Å². The van der Waals surface area contributed by atoms with Gasteiger partial charge in [-0.3, -0.25) is 0 Å². The third-order valence-corrected chi connectivity index (χ3v) is 4.74. The first kappa shape index (κ1) is 14.2. The average Bonchev–Trinajstić information content (AvgIpc) is 2.78. The minimum Gasteiger partial charge on any atom is -0.437 e. The van der Waals surface area contributed by atoms with E-state index >= 15 is 0 Å².